The highest BCUT2D eigenvalue weighted by Crippen LogP contribution is 2.39. The minimum atomic E-state index is 0.851. The van der Waals surface area contributed by atoms with Crippen molar-refractivity contribution in [3.05, 3.63) is 127 Å². The molecule has 0 spiro atoms. The Morgan fingerprint density at radius 3 is 2.09 bits per heavy atom. The quantitative estimate of drug-likeness (QED) is 0.326. The van der Waals surface area contributed by atoms with Crippen molar-refractivity contribution in [2.24, 2.45) is 0 Å². The van der Waals surface area contributed by atoms with Gasteiger partial charge in [0, 0.05) is 36.1 Å². The van der Waals surface area contributed by atoms with E-state index in [1.54, 1.807) is 0 Å². The smallest absolute Gasteiger partial charge is 0.0998 e. The molecule has 32 heavy (non-hydrogen) atoms. The maximum atomic E-state index is 5.00. The zero-order valence-electron chi connectivity index (χ0n) is 17.7. The van der Waals surface area contributed by atoms with Gasteiger partial charge >= 0.3 is 0 Å². The van der Waals surface area contributed by atoms with Crippen LogP contribution in [0.3, 0.4) is 0 Å². The van der Waals surface area contributed by atoms with Gasteiger partial charge in [0.15, 0.2) is 0 Å². The minimum absolute atomic E-state index is 0.851. The summed E-state index contributed by atoms with van der Waals surface area (Å²) in [6.45, 7) is 1.73. The molecule has 0 amide bonds. The summed E-state index contributed by atoms with van der Waals surface area (Å²) in [4.78, 5) is 2.44. The van der Waals surface area contributed by atoms with Gasteiger partial charge in [-0.15, -0.1) is 0 Å². The highest BCUT2D eigenvalue weighted by Gasteiger charge is 2.25. The lowest BCUT2D eigenvalue weighted by Crippen LogP contribution is -2.25. The van der Waals surface area contributed by atoms with Crippen molar-refractivity contribution in [1.29, 1.82) is 0 Å². The molecule has 0 bridgehead atoms. The van der Waals surface area contributed by atoms with Gasteiger partial charge in [0.05, 0.1) is 11.4 Å². The van der Waals surface area contributed by atoms with Gasteiger partial charge < -0.3 is 4.90 Å². The normalized spacial score (nSPS) is 12.3. The first kappa shape index (κ1) is 18.6. The van der Waals surface area contributed by atoms with Crippen LogP contribution in [0.2, 0.25) is 0 Å². The van der Waals surface area contributed by atoms with Crippen LogP contribution in [-0.2, 0) is 13.1 Å². The largest absolute Gasteiger partial charge is 0.362 e. The van der Waals surface area contributed by atoms with Crippen molar-refractivity contribution in [2.75, 3.05) is 4.90 Å². The van der Waals surface area contributed by atoms with Gasteiger partial charge in [0.2, 0.25) is 0 Å². The SMILES string of the molecule is c1ccc(CN2Cc3cn(-c4ccc(-c5ccccc5)cc4)nc3-c3ccccc32)cc1. The highest BCUT2D eigenvalue weighted by molar-refractivity contribution is 5.81. The molecule has 4 aromatic carbocycles. The molecule has 1 aliphatic rings. The van der Waals surface area contributed by atoms with Crippen molar-refractivity contribution in [3.8, 4) is 28.1 Å². The second kappa shape index (κ2) is 7.86. The maximum Gasteiger partial charge on any atom is 0.0998 e. The Morgan fingerprint density at radius 1 is 0.656 bits per heavy atom. The van der Waals surface area contributed by atoms with Crippen LogP contribution in [0.4, 0.5) is 5.69 Å². The molecule has 154 valence electrons. The molecule has 0 saturated carbocycles. The predicted octanol–water partition coefficient (Wildman–Crippen LogP) is 6.73. The Kier molecular flexibility index (Phi) is 4.58. The van der Waals surface area contributed by atoms with Crippen LogP contribution in [0.25, 0.3) is 28.1 Å². The number of benzene rings is 4. The molecular weight excluding hydrogens is 390 g/mol. The zero-order chi connectivity index (χ0) is 21.3. The Labute approximate surface area is 188 Å². The lowest BCUT2D eigenvalue weighted by molar-refractivity contribution is 0.792. The number of fused-ring (bicyclic) bond motifs is 3. The van der Waals surface area contributed by atoms with Crippen LogP contribution < -0.4 is 4.90 Å². The number of nitrogens with zero attached hydrogens (tertiary/aromatic N) is 3. The van der Waals surface area contributed by atoms with Gasteiger partial charge in [0.25, 0.3) is 0 Å². The number of rotatable bonds is 4. The van der Waals surface area contributed by atoms with Gasteiger partial charge in [-0.25, -0.2) is 4.68 Å². The molecule has 0 radical (unpaired) electrons. The molecule has 3 nitrogen and oxygen atoms in total. The molecule has 0 saturated heterocycles. The van der Waals surface area contributed by atoms with E-state index in [4.69, 9.17) is 5.10 Å². The van der Waals surface area contributed by atoms with Crippen LogP contribution in [0.5, 0.6) is 0 Å². The average Bonchev–Trinajstić information content (AvgIpc) is 3.30. The monoisotopic (exact) mass is 413 g/mol. The van der Waals surface area contributed by atoms with Crippen molar-refractivity contribution in [2.45, 2.75) is 13.1 Å². The molecule has 0 fully saturated rings. The molecule has 0 N–H and O–H groups in total. The lowest BCUT2D eigenvalue weighted by Gasteiger charge is -2.30. The van der Waals surface area contributed by atoms with Gasteiger partial charge in [0.1, 0.15) is 0 Å². The average molecular weight is 414 g/mol. The topological polar surface area (TPSA) is 21.1 Å². The number of hydrogen-bond acceptors (Lipinski definition) is 2. The summed E-state index contributed by atoms with van der Waals surface area (Å²) in [6, 6.07) is 38.4. The fraction of sp³-hybridized carbons (Fsp3) is 0.0690. The van der Waals surface area contributed by atoms with Crippen molar-refractivity contribution < 1.29 is 0 Å². The van der Waals surface area contributed by atoms with E-state index in [2.05, 4.69) is 114 Å². The van der Waals surface area contributed by atoms with Crippen LogP contribution >= 0.6 is 0 Å². The Bertz CT molecular complexity index is 1350. The van der Waals surface area contributed by atoms with E-state index >= 15 is 0 Å². The van der Waals surface area contributed by atoms with E-state index in [1.165, 1.54) is 33.5 Å². The third-order valence-corrected chi connectivity index (χ3v) is 6.11. The fourth-order valence-electron chi connectivity index (χ4n) is 4.51. The van der Waals surface area contributed by atoms with Gasteiger partial charge in [-0.3, -0.25) is 0 Å². The van der Waals surface area contributed by atoms with Crippen LogP contribution in [-0.4, -0.2) is 9.78 Å². The molecule has 0 aliphatic carbocycles. The molecule has 2 heterocycles. The third kappa shape index (κ3) is 3.38. The molecule has 6 rings (SSSR count). The Morgan fingerprint density at radius 2 is 1.31 bits per heavy atom. The summed E-state index contributed by atoms with van der Waals surface area (Å²) in [7, 11) is 0. The van der Waals surface area contributed by atoms with Gasteiger partial charge in [-0.2, -0.15) is 5.10 Å². The molecule has 5 aromatic rings. The van der Waals surface area contributed by atoms with Crippen LogP contribution in [0.1, 0.15) is 11.1 Å². The van der Waals surface area contributed by atoms with E-state index < -0.39 is 0 Å². The number of hydrogen-bond donors (Lipinski definition) is 0. The zero-order valence-corrected chi connectivity index (χ0v) is 17.7. The summed E-state index contributed by atoms with van der Waals surface area (Å²) in [6.07, 6.45) is 2.18. The molecule has 0 unspecified atom stereocenters. The summed E-state index contributed by atoms with van der Waals surface area (Å²) in [5.74, 6) is 0. The van der Waals surface area contributed by atoms with Gasteiger partial charge in [-0.1, -0.05) is 91.0 Å². The predicted molar refractivity (Wildman–Crippen MR) is 131 cm³/mol. The minimum Gasteiger partial charge on any atom is -0.362 e. The molecule has 1 aliphatic heterocycles. The van der Waals surface area contributed by atoms with E-state index in [1.807, 2.05) is 10.7 Å². The summed E-state index contributed by atoms with van der Waals surface area (Å²) < 4.78 is 2.02. The summed E-state index contributed by atoms with van der Waals surface area (Å²) in [5.41, 5.74) is 9.61. The fourth-order valence-corrected chi connectivity index (χ4v) is 4.51. The molecular formula is C29H23N3. The number of para-hydroxylation sites is 1. The van der Waals surface area contributed by atoms with Crippen molar-refractivity contribution >= 4 is 5.69 Å². The molecule has 0 atom stereocenters. The first-order valence-corrected chi connectivity index (χ1v) is 11.0. The van der Waals surface area contributed by atoms with Crippen molar-refractivity contribution in [3.63, 3.8) is 0 Å². The van der Waals surface area contributed by atoms with Crippen molar-refractivity contribution in [1.82, 2.24) is 9.78 Å². The summed E-state index contributed by atoms with van der Waals surface area (Å²) >= 11 is 0. The first-order chi connectivity index (χ1) is 15.8. The standard InChI is InChI=1S/C29H23N3/c1-3-9-22(10-4-1)19-31-20-25-21-32(30-29(25)27-13-7-8-14-28(27)31)26-17-15-24(16-18-26)23-11-5-2-6-12-23/h1-18,21H,19-20H2. The molecule has 3 heteroatoms. The maximum absolute atomic E-state index is 5.00. The van der Waals surface area contributed by atoms with E-state index in [9.17, 15) is 0 Å². The van der Waals surface area contributed by atoms with Crippen LogP contribution in [0.15, 0.2) is 115 Å². The lowest BCUT2D eigenvalue weighted by atomic mass is 9.99. The van der Waals surface area contributed by atoms with Crippen LogP contribution in [0, 0.1) is 0 Å². The third-order valence-electron chi connectivity index (χ3n) is 6.11. The molecule has 1 aromatic heterocycles. The number of aromatic nitrogens is 2. The van der Waals surface area contributed by atoms with Gasteiger partial charge in [-0.05, 0) is 34.9 Å². The van der Waals surface area contributed by atoms with E-state index in [0.29, 0.717) is 0 Å². The second-order valence-corrected chi connectivity index (χ2v) is 8.22. The Hall–Kier alpha value is -4.11. The number of anilines is 1. The second-order valence-electron chi connectivity index (χ2n) is 8.22. The summed E-state index contributed by atoms with van der Waals surface area (Å²) in [5, 5.41) is 5.00. The first-order valence-electron chi connectivity index (χ1n) is 11.0. The highest BCUT2D eigenvalue weighted by atomic mass is 15.3. The van der Waals surface area contributed by atoms with E-state index in [0.717, 1.165) is 24.5 Å². The van der Waals surface area contributed by atoms with E-state index in [-0.39, 0.29) is 0 Å². The Balaban J connectivity index is 1.34.